The van der Waals surface area contributed by atoms with Crippen LogP contribution in [0, 0.1) is 0 Å². The van der Waals surface area contributed by atoms with Crippen molar-refractivity contribution in [3.8, 4) is 0 Å². The van der Waals surface area contributed by atoms with Crippen LogP contribution in [0.15, 0.2) is 0 Å². The third kappa shape index (κ3) is 11.7. The van der Waals surface area contributed by atoms with Crippen LogP contribution in [0.5, 0.6) is 0 Å². The predicted molar refractivity (Wildman–Crippen MR) is 96.3 cm³/mol. The maximum absolute atomic E-state index is 11.8. The van der Waals surface area contributed by atoms with Crippen molar-refractivity contribution in [1.82, 2.24) is 0 Å². The highest BCUT2D eigenvalue weighted by Gasteiger charge is 2.30. The van der Waals surface area contributed by atoms with E-state index in [0.29, 0.717) is 13.0 Å². The molecule has 2 unspecified atom stereocenters. The van der Waals surface area contributed by atoms with Gasteiger partial charge in [-0.15, -0.1) is 0 Å². The van der Waals surface area contributed by atoms with Gasteiger partial charge in [0, 0.05) is 13.0 Å². The van der Waals surface area contributed by atoms with E-state index in [1.54, 1.807) is 0 Å². The number of rotatable bonds is 11. The van der Waals surface area contributed by atoms with Crippen LogP contribution in [-0.2, 0) is 18.9 Å². The standard InChI is InChI=1S/C19H38O5/c1-10-15(4)22-17(20)24-19(8,9)13-16(5)23-18(6,7)11-12-21-14(2)3/h14-16H,10-13H2,1-9H3. The van der Waals surface area contributed by atoms with Gasteiger partial charge in [0.05, 0.1) is 17.8 Å². The van der Waals surface area contributed by atoms with E-state index in [-0.39, 0.29) is 23.9 Å². The average molecular weight is 347 g/mol. The van der Waals surface area contributed by atoms with Crippen molar-refractivity contribution in [3.05, 3.63) is 0 Å². The summed E-state index contributed by atoms with van der Waals surface area (Å²) in [5.74, 6) is 0. The van der Waals surface area contributed by atoms with Gasteiger partial charge in [-0.2, -0.15) is 0 Å². The zero-order valence-electron chi connectivity index (χ0n) is 17.1. The number of hydrogen-bond acceptors (Lipinski definition) is 5. The molecule has 0 saturated heterocycles. The molecule has 5 heteroatoms. The lowest BCUT2D eigenvalue weighted by Gasteiger charge is -2.33. The van der Waals surface area contributed by atoms with Crippen LogP contribution in [0.2, 0.25) is 0 Å². The second-order valence-corrected chi connectivity index (χ2v) is 8.01. The van der Waals surface area contributed by atoms with Crippen LogP contribution in [0.25, 0.3) is 0 Å². The number of ether oxygens (including phenoxy) is 4. The van der Waals surface area contributed by atoms with Crippen LogP contribution in [0.4, 0.5) is 4.79 Å². The SMILES string of the molecule is CCC(C)OC(=O)OC(C)(C)CC(C)OC(C)(C)CCOC(C)C. The van der Waals surface area contributed by atoms with Crippen LogP contribution < -0.4 is 0 Å². The lowest BCUT2D eigenvalue weighted by atomic mass is 9.99. The van der Waals surface area contributed by atoms with Crippen molar-refractivity contribution in [2.45, 2.75) is 111 Å². The molecule has 0 aliphatic heterocycles. The summed E-state index contributed by atoms with van der Waals surface area (Å²) in [5.41, 5.74) is -0.934. The summed E-state index contributed by atoms with van der Waals surface area (Å²) < 4.78 is 22.3. The monoisotopic (exact) mass is 346 g/mol. The van der Waals surface area contributed by atoms with Gasteiger partial charge in [-0.1, -0.05) is 6.92 Å². The second kappa shape index (κ2) is 10.2. The first-order valence-corrected chi connectivity index (χ1v) is 9.06. The van der Waals surface area contributed by atoms with Crippen molar-refractivity contribution < 1.29 is 23.7 Å². The van der Waals surface area contributed by atoms with Gasteiger partial charge in [-0.25, -0.2) is 4.79 Å². The first-order valence-electron chi connectivity index (χ1n) is 9.06. The maximum atomic E-state index is 11.8. The van der Waals surface area contributed by atoms with E-state index in [1.807, 2.05) is 48.5 Å². The molecule has 0 saturated carbocycles. The number of hydrogen-bond donors (Lipinski definition) is 0. The Balaban J connectivity index is 4.35. The first-order chi connectivity index (χ1) is 10.9. The summed E-state index contributed by atoms with van der Waals surface area (Å²) in [7, 11) is 0. The molecule has 0 aliphatic carbocycles. The summed E-state index contributed by atoms with van der Waals surface area (Å²) in [6.07, 6.45) is 1.59. The van der Waals surface area contributed by atoms with E-state index in [0.717, 1.165) is 12.8 Å². The molecule has 0 N–H and O–H groups in total. The Morgan fingerprint density at radius 1 is 0.958 bits per heavy atom. The summed E-state index contributed by atoms with van der Waals surface area (Å²) in [4.78, 5) is 11.8. The average Bonchev–Trinajstić information content (AvgIpc) is 2.34. The molecule has 0 bridgehead atoms. The van der Waals surface area contributed by atoms with Crippen molar-refractivity contribution in [2.24, 2.45) is 0 Å². The molecule has 0 aromatic rings. The topological polar surface area (TPSA) is 54.0 Å². The molecular weight excluding hydrogens is 308 g/mol. The minimum atomic E-state index is -0.644. The lowest BCUT2D eigenvalue weighted by Crippen LogP contribution is -2.37. The van der Waals surface area contributed by atoms with Crippen LogP contribution in [-0.4, -0.2) is 42.3 Å². The first kappa shape index (κ1) is 23.2. The van der Waals surface area contributed by atoms with Crippen molar-refractivity contribution >= 4 is 6.16 Å². The highest BCUT2D eigenvalue weighted by Crippen LogP contribution is 2.25. The fraction of sp³-hybridized carbons (Fsp3) is 0.947. The number of carbonyl (C=O) groups is 1. The molecule has 5 nitrogen and oxygen atoms in total. The Morgan fingerprint density at radius 3 is 2.04 bits per heavy atom. The Hall–Kier alpha value is -0.810. The van der Waals surface area contributed by atoms with Gasteiger partial charge in [0.1, 0.15) is 11.7 Å². The smallest absolute Gasteiger partial charge is 0.431 e. The summed E-state index contributed by atoms with van der Waals surface area (Å²) in [5, 5.41) is 0. The normalized spacial score (nSPS) is 15.2. The Bertz CT molecular complexity index is 363. The minimum absolute atomic E-state index is 0.0505. The van der Waals surface area contributed by atoms with Crippen LogP contribution in [0.1, 0.15) is 81.6 Å². The molecule has 0 radical (unpaired) electrons. The van der Waals surface area contributed by atoms with E-state index >= 15 is 0 Å². The van der Waals surface area contributed by atoms with E-state index in [1.165, 1.54) is 0 Å². The van der Waals surface area contributed by atoms with Gasteiger partial charge in [0.2, 0.25) is 0 Å². The molecule has 0 spiro atoms. The molecule has 0 fully saturated rings. The molecule has 24 heavy (non-hydrogen) atoms. The van der Waals surface area contributed by atoms with Gasteiger partial charge in [-0.3, -0.25) is 0 Å². The quantitative estimate of drug-likeness (QED) is 0.487. The van der Waals surface area contributed by atoms with Gasteiger partial charge >= 0.3 is 6.16 Å². The molecule has 0 aromatic carbocycles. The molecule has 0 rings (SSSR count). The summed E-state index contributed by atoms with van der Waals surface area (Å²) in [6.45, 7) is 18.4. The molecular formula is C19H38O5. The third-order valence-corrected chi connectivity index (χ3v) is 3.69. The van der Waals surface area contributed by atoms with E-state index < -0.39 is 11.8 Å². The lowest BCUT2D eigenvalue weighted by molar-refractivity contribution is -0.112. The second-order valence-electron chi connectivity index (χ2n) is 8.01. The summed E-state index contributed by atoms with van der Waals surface area (Å²) >= 11 is 0. The molecule has 144 valence electrons. The van der Waals surface area contributed by atoms with Gasteiger partial charge in [0.15, 0.2) is 0 Å². The van der Waals surface area contributed by atoms with Gasteiger partial charge in [-0.05, 0) is 68.2 Å². The predicted octanol–water partition coefficient (Wildman–Crippen LogP) is 5.11. The fourth-order valence-corrected chi connectivity index (χ4v) is 2.42. The Morgan fingerprint density at radius 2 is 1.54 bits per heavy atom. The zero-order valence-corrected chi connectivity index (χ0v) is 17.1. The van der Waals surface area contributed by atoms with E-state index in [4.69, 9.17) is 18.9 Å². The Kier molecular flexibility index (Phi) is 9.90. The minimum Gasteiger partial charge on any atom is -0.431 e. The Labute approximate surface area is 148 Å². The van der Waals surface area contributed by atoms with E-state index in [9.17, 15) is 4.79 Å². The molecule has 0 aromatic heterocycles. The van der Waals surface area contributed by atoms with Crippen LogP contribution in [0.3, 0.4) is 0 Å². The van der Waals surface area contributed by atoms with Gasteiger partial charge in [0.25, 0.3) is 0 Å². The van der Waals surface area contributed by atoms with Gasteiger partial charge < -0.3 is 18.9 Å². The highest BCUT2D eigenvalue weighted by molar-refractivity contribution is 5.60. The van der Waals surface area contributed by atoms with Crippen molar-refractivity contribution in [1.29, 1.82) is 0 Å². The highest BCUT2D eigenvalue weighted by atomic mass is 16.7. The molecule has 2 atom stereocenters. The van der Waals surface area contributed by atoms with Crippen molar-refractivity contribution in [3.63, 3.8) is 0 Å². The fourth-order valence-electron chi connectivity index (χ4n) is 2.42. The molecule has 0 amide bonds. The van der Waals surface area contributed by atoms with Crippen molar-refractivity contribution in [2.75, 3.05) is 6.61 Å². The summed E-state index contributed by atoms with van der Waals surface area (Å²) in [6, 6.07) is 0. The third-order valence-electron chi connectivity index (χ3n) is 3.69. The molecule has 0 aliphatic rings. The zero-order chi connectivity index (χ0) is 19.0. The van der Waals surface area contributed by atoms with E-state index in [2.05, 4.69) is 13.8 Å². The van der Waals surface area contributed by atoms with Crippen LogP contribution >= 0.6 is 0 Å². The largest absolute Gasteiger partial charge is 0.509 e. The number of carbonyl (C=O) groups excluding carboxylic acids is 1. The maximum Gasteiger partial charge on any atom is 0.509 e. The molecule has 0 heterocycles.